The summed E-state index contributed by atoms with van der Waals surface area (Å²) >= 11 is 15.4. The molecule has 0 atom stereocenters. The minimum absolute atomic E-state index is 0.168. The summed E-state index contributed by atoms with van der Waals surface area (Å²) in [5.74, 6) is 0.357. The first kappa shape index (κ1) is 17.0. The minimum Gasteiger partial charge on any atom is -0.496 e. The molecule has 0 saturated heterocycles. The van der Waals surface area contributed by atoms with E-state index in [1.807, 2.05) is 0 Å². The van der Waals surface area contributed by atoms with Crippen molar-refractivity contribution in [2.75, 3.05) is 7.11 Å². The van der Waals surface area contributed by atoms with E-state index in [0.29, 0.717) is 26.9 Å². The largest absolute Gasteiger partial charge is 0.496 e. The Hall–Kier alpha value is -1.82. The lowest BCUT2D eigenvalue weighted by Gasteiger charge is -2.05. The van der Waals surface area contributed by atoms with Crippen LogP contribution in [0.1, 0.15) is 11.1 Å². The number of nitrogens with zero attached hydrogens (tertiary/aromatic N) is 1. The molecule has 0 unspecified atom stereocenters. The number of cyclic esters (lactones) is 1. The van der Waals surface area contributed by atoms with E-state index in [-0.39, 0.29) is 11.6 Å². The molecule has 0 amide bonds. The number of hydrogen-bond donors (Lipinski definition) is 0. The number of benzene rings is 2. The fourth-order valence-electron chi connectivity index (χ4n) is 2.10. The van der Waals surface area contributed by atoms with Gasteiger partial charge < -0.3 is 9.47 Å². The van der Waals surface area contributed by atoms with E-state index in [4.69, 9.17) is 32.7 Å². The molecule has 1 aliphatic rings. The second-order valence-electron chi connectivity index (χ2n) is 4.85. The zero-order valence-electron chi connectivity index (χ0n) is 12.3. The van der Waals surface area contributed by atoms with Crippen LogP contribution in [-0.2, 0) is 9.53 Å². The van der Waals surface area contributed by atoms with Crippen molar-refractivity contribution in [1.29, 1.82) is 0 Å². The first-order valence-electron chi connectivity index (χ1n) is 6.79. The molecule has 24 heavy (non-hydrogen) atoms. The summed E-state index contributed by atoms with van der Waals surface area (Å²) in [5.41, 5.74) is 1.46. The summed E-state index contributed by atoms with van der Waals surface area (Å²) in [6.45, 7) is 0. The standard InChI is InChI=1S/C17H10BrCl2NO3/c1-23-15-5-3-10(6-12(15)18)16-21-14(17(22)24-16)7-9-2-4-11(19)8-13(9)20/h2-8H,1H3/b14-7+. The van der Waals surface area contributed by atoms with Crippen molar-refractivity contribution in [2.45, 2.75) is 0 Å². The van der Waals surface area contributed by atoms with Gasteiger partial charge in [-0.05, 0) is 57.9 Å². The third-order valence-corrected chi connectivity index (χ3v) is 4.46. The Labute approximate surface area is 156 Å². The number of halogens is 3. The number of rotatable bonds is 3. The molecule has 1 heterocycles. The Morgan fingerprint density at radius 2 is 2.00 bits per heavy atom. The van der Waals surface area contributed by atoms with Crippen LogP contribution in [0.25, 0.3) is 6.08 Å². The van der Waals surface area contributed by atoms with E-state index >= 15 is 0 Å². The van der Waals surface area contributed by atoms with Gasteiger partial charge in [-0.15, -0.1) is 0 Å². The zero-order chi connectivity index (χ0) is 17.3. The molecule has 2 aromatic rings. The average Bonchev–Trinajstić information content (AvgIpc) is 2.91. The molecule has 0 N–H and O–H groups in total. The van der Waals surface area contributed by atoms with Crippen LogP contribution < -0.4 is 4.74 Å². The molecule has 1 aliphatic heterocycles. The number of ether oxygens (including phenoxy) is 2. The fourth-order valence-corrected chi connectivity index (χ4v) is 3.10. The van der Waals surface area contributed by atoms with Gasteiger partial charge in [0.2, 0.25) is 5.90 Å². The van der Waals surface area contributed by atoms with Crippen LogP contribution in [-0.4, -0.2) is 19.0 Å². The quantitative estimate of drug-likeness (QED) is 0.506. The molecule has 0 aliphatic carbocycles. The van der Waals surface area contributed by atoms with Gasteiger partial charge in [0.1, 0.15) is 5.75 Å². The molecule has 7 heteroatoms. The topological polar surface area (TPSA) is 47.9 Å². The highest BCUT2D eigenvalue weighted by Gasteiger charge is 2.25. The molecule has 0 bridgehead atoms. The number of carbonyl (C=O) groups excluding carboxylic acids is 1. The lowest BCUT2D eigenvalue weighted by Crippen LogP contribution is -2.05. The fraction of sp³-hybridized carbons (Fsp3) is 0.0588. The molecule has 0 spiro atoms. The van der Waals surface area contributed by atoms with Gasteiger partial charge in [0.25, 0.3) is 0 Å². The highest BCUT2D eigenvalue weighted by Crippen LogP contribution is 2.29. The number of hydrogen-bond acceptors (Lipinski definition) is 4. The molecule has 4 nitrogen and oxygen atoms in total. The Bertz CT molecular complexity index is 893. The predicted molar refractivity (Wildman–Crippen MR) is 97.8 cm³/mol. The van der Waals surface area contributed by atoms with E-state index in [2.05, 4.69) is 20.9 Å². The van der Waals surface area contributed by atoms with Gasteiger partial charge in [-0.1, -0.05) is 29.3 Å². The van der Waals surface area contributed by atoms with Gasteiger partial charge in [-0.25, -0.2) is 9.79 Å². The maximum Gasteiger partial charge on any atom is 0.363 e. The Morgan fingerprint density at radius 3 is 2.67 bits per heavy atom. The average molecular weight is 427 g/mol. The van der Waals surface area contributed by atoms with E-state index in [1.54, 1.807) is 49.6 Å². The third kappa shape index (κ3) is 3.48. The molecule has 2 aromatic carbocycles. The summed E-state index contributed by atoms with van der Waals surface area (Å²) in [7, 11) is 1.57. The lowest BCUT2D eigenvalue weighted by atomic mass is 10.2. The monoisotopic (exact) mass is 425 g/mol. The number of methoxy groups -OCH3 is 1. The van der Waals surface area contributed by atoms with Crippen molar-refractivity contribution < 1.29 is 14.3 Å². The summed E-state index contributed by atoms with van der Waals surface area (Å²) in [5, 5.41) is 0.946. The van der Waals surface area contributed by atoms with Crippen molar-refractivity contribution in [3.05, 3.63) is 67.7 Å². The van der Waals surface area contributed by atoms with Crippen LogP contribution in [0.4, 0.5) is 0 Å². The molecule has 0 radical (unpaired) electrons. The van der Waals surface area contributed by atoms with E-state index in [0.717, 1.165) is 4.47 Å². The first-order valence-corrected chi connectivity index (χ1v) is 8.34. The Kier molecular flexibility index (Phi) is 4.94. The van der Waals surface area contributed by atoms with E-state index in [9.17, 15) is 4.79 Å². The van der Waals surface area contributed by atoms with Crippen LogP contribution in [0.5, 0.6) is 5.75 Å². The van der Waals surface area contributed by atoms with Crippen molar-refractivity contribution in [3.8, 4) is 5.75 Å². The first-order chi connectivity index (χ1) is 11.5. The molecule has 122 valence electrons. The number of aliphatic imine (C=N–C) groups is 1. The minimum atomic E-state index is -0.539. The third-order valence-electron chi connectivity index (χ3n) is 3.27. The Morgan fingerprint density at radius 1 is 1.21 bits per heavy atom. The molecular weight excluding hydrogens is 417 g/mol. The highest BCUT2D eigenvalue weighted by molar-refractivity contribution is 9.10. The molecule has 0 fully saturated rings. The summed E-state index contributed by atoms with van der Waals surface area (Å²) in [4.78, 5) is 16.3. The number of esters is 1. The van der Waals surface area contributed by atoms with Gasteiger partial charge in [-0.2, -0.15) is 0 Å². The van der Waals surface area contributed by atoms with E-state index in [1.165, 1.54) is 0 Å². The predicted octanol–water partition coefficient (Wildman–Crippen LogP) is 5.11. The van der Waals surface area contributed by atoms with Gasteiger partial charge in [0, 0.05) is 15.6 Å². The highest BCUT2D eigenvalue weighted by atomic mass is 79.9. The molecular formula is C17H10BrCl2NO3. The maximum absolute atomic E-state index is 12.0. The second kappa shape index (κ2) is 6.97. The second-order valence-corrected chi connectivity index (χ2v) is 6.55. The SMILES string of the molecule is COc1ccc(C2=N/C(=C/c3ccc(Cl)cc3Cl)C(=O)O2)cc1Br. The van der Waals surface area contributed by atoms with Crippen molar-refractivity contribution in [2.24, 2.45) is 4.99 Å². The lowest BCUT2D eigenvalue weighted by molar-refractivity contribution is -0.129. The smallest absolute Gasteiger partial charge is 0.363 e. The molecule has 0 aromatic heterocycles. The van der Waals surface area contributed by atoms with E-state index < -0.39 is 5.97 Å². The molecule has 0 saturated carbocycles. The summed E-state index contributed by atoms with van der Waals surface area (Å²) in [6, 6.07) is 10.3. The summed E-state index contributed by atoms with van der Waals surface area (Å²) in [6.07, 6.45) is 1.56. The summed E-state index contributed by atoms with van der Waals surface area (Å²) < 4.78 is 11.1. The van der Waals surface area contributed by atoms with Crippen molar-refractivity contribution >= 4 is 57.1 Å². The Balaban J connectivity index is 1.95. The normalized spacial score (nSPS) is 15.4. The van der Waals surface area contributed by atoms with Gasteiger partial charge >= 0.3 is 5.97 Å². The van der Waals surface area contributed by atoms with Crippen LogP contribution in [0.15, 0.2) is 51.6 Å². The van der Waals surface area contributed by atoms with Gasteiger partial charge in [0.15, 0.2) is 5.70 Å². The number of carbonyl (C=O) groups is 1. The maximum atomic E-state index is 12.0. The van der Waals surface area contributed by atoms with Crippen LogP contribution in [0.3, 0.4) is 0 Å². The van der Waals surface area contributed by atoms with Crippen molar-refractivity contribution in [1.82, 2.24) is 0 Å². The van der Waals surface area contributed by atoms with Crippen molar-refractivity contribution in [3.63, 3.8) is 0 Å². The molecule has 3 rings (SSSR count). The van der Waals surface area contributed by atoms with Crippen LogP contribution in [0, 0.1) is 0 Å². The van der Waals surface area contributed by atoms with Gasteiger partial charge in [-0.3, -0.25) is 0 Å². The van der Waals surface area contributed by atoms with Crippen LogP contribution >= 0.6 is 39.1 Å². The zero-order valence-corrected chi connectivity index (χ0v) is 15.4. The van der Waals surface area contributed by atoms with Crippen LogP contribution in [0.2, 0.25) is 10.0 Å². The van der Waals surface area contributed by atoms with Gasteiger partial charge in [0.05, 0.1) is 11.6 Å².